The first kappa shape index (κ1) is 23.8. The van der Waals surface area contributed by atoms with Gasteiger partial charge < -0.3 is 5.32 Å². The number of sulfonamides is 1. The molecule has 178 valence electrons. The Morgan fingerprint density at radius 1 is 1.06 bits per heavy atom. The van der Waals surface area contributed by atoms with Crippen LogP contribution in [0.5, 0.6) is 0 Å². The SMILES string of the molecule is Cc1ccc(S(=O)(=O)N2CCC[C@H]2C(=O)NC2CCC(F)(F)CC2)c(-c2ccccc2F)c1. The van der Waals surface area contributed by atoms with Crippen molar-refractivity contribution >= 4 is 15.9 Å². The Labute approximate surface area is 192 Å². The number of halogens is 3. The maximum Gasteiger partial charge on any atom is 0.248 e. The molecule has 1 aliphatic heterocycles. The van der Waals surface area contributed by atoms with Gasteiger partial charge in [0, 0.05) is 36.6 Å². The summed E-state index contributed by atoms with van der Waals surface area (Å²) >= 11 is 0. The van der Waals surface area contributed by atoms with Gasteiger partial charge in [-0.15, -0.1) is 0 Å². The van der Waals surface area contributed by atoms with E-state index in [9.17, 15) is 26.4 Å². The molecule has 1 N–H and O–H groups in total. The Balaban J connectivity index is 1.61. The summed E-state index contributed by atoms with van der Waals surface area (Å²) in [5, 5.41) is 2.78. The first-order chi connectivity index (χ1) is 15.6. The van der Waals surface area contributed by atoms with Crippen LogP contribution >= 0.6 is 0 Å². The van der Waals surface area contributed by atoms with Crippen LogP contribution in [0, 0.1) is 12.7 Å². The number of nitrogens with one attached hydrogen (secondary N) is 1. The highest BCUT2D eigenvalue weighted by molar-refractivity contribution is 7.89. The number of alkyl halides is 2. The molecule has 5 nitrogen and oxygen atoms in total. The second-order valence-electron chi connectivity index (χ2n) is 8.89. The van der Waals surface area contributed by atoms with E-state index in [1.54, 1.807) is 25.1 Å². The van der Waals surface area contributed by atoms with E-state index >= 15 is 0 Å². The van der Waals surface area contributed by atoms with Gasteiger partial charge in [0.05, 0.1) is 4.90 Å². The van der Waals surface area contributed by atoms with Crippen LogP contribution in [0.4, 0.5) is 13.2 Å². The highest BCUT2D eigenvalue weighted by Gasteiger charge is 2.42. The monoisotopic (exact) mass is 480 g/mol. The minimum atomic E-state index is -4.12. The van der Waals surface area contributed by atoms with Crippen molar-refractivity contribution in [3.63, 3.8) is 0 Å². The summed E-state index contributed by atoms with van der Waals surface area (Å²) in [5.41, 5.74) is 1.19. The molecule has 2 aromatic carbocycles. The molecule has 33 heavy (non-hydrogen) atoms. The first-order valence-electron chi connectivity index (χ1n) is 11.1. The van der Waals surface area contributed by atoms with E-state index in [1.165, 1.54) is 24.3 Å². The van der Waals surface area contributed by atoms with Crippen LogP contribution in [0.1, 0.15) is 44.1 Å². The topological polar surface area (TPSA) is 66.5 Å². The largest absolute Gasteiger partial charge is 0.352 e. The average molecular weight is 481 g/mol. The quantitative estimate of drug-likeness (QED) is 0.678. The minimum absolute atomic E-state index is 0.0600. The van der Waals surface area contributed by atoms with Gasteiger partial charge in [0.2, 0.25) is 21.9 Å². The van der Waals surface area contributed by atoms with Crippen molar-refractivity contribution in [1.29, 1.82) is 0 Å². The van der Waals surface area contributed by atoms with Gasteiger partial charge in [0.1, 0.15) is 11.9 Å². The number of amides is 1. The summed E-state index contributed by atoms with van der Waals surface area (Å²) in [7, 11) is -4.12. The molecular formula is C24H27F3N2O3S. The van der Waals surface area contributed by atoms with Crippen molar-refractivity contribution in [3.05, 3.63) is 53.8 Å². The molecule has 1 amide bonds. The van der Waals surface area contributed by atoms with Gasteiger partial charge in [-0.05, 0) is 50.8 Å². The molecule has 2 fully saturated rings. The maximum atomic E-state index is 14.5. The zero-order valence-electron chi connectivity index (χ0n) is 18.4. The predicted molar refractivity (Wildman–Crippen MR) is 119 cm³/mol. The van der Waals surface area contributed by atoms with Gasteiger partial charge in [0.25, 0.3) is 0 Å². The van der Waals surface area contributed by atoms with E-state index in [4.69, 9.17) is 0 Å². The summed E-state index contributed by atoms with van der Waals surface area (Å²) < 4.78 is 69.9. The Kier molecular flexibility index (Phi) is 6.55. The van der Waals surface area contributed by atoms with Crippen LogP contribution in [0.25, 0.3) is 11.1 Å². The molecule has 0 spiro atoms. The van der Waals surface area contributed by atoms with Gasteiger partial charge in [0.15, 0.2) is 0 Å². The Morgan fingerprint density at radius 3 is 2.45 bits per heavy atom. The third-order valence-electron chi connectivity index (χ3n) is 6.46. The lowest BCUT2D eigenvalue weighted by atomic mass is 9.92. The molecule has 2 aromatic rings. The van der Waals surface area contributed by atoms with Crippen molar-refractivity contribution in [2.75, 3.05) is 6.54 Å². The van der Waals surface area contributed by atoms with Gasteiger partial charge in [-0.3, -0.25) is 4.79 Å². The van der Waals surface area contributed by atoms with Crippen molar-refractivity contribution in [1.82, 2.24) is 9.62 Å². The van der Waals surface area contributed by atoms with Gasteiger partial charge in [-0.25, -0.2) is 21.6 Å². The minimum Gasteiger partial charge on any atom is -0.352 e. The molecule has 4 rings (SSSR count). The summed E-state index contributed by atoms with van der Waals surface area (Å²) in [6, 6.07) is 9.36. The van der Waals surface area contributed by atoms with Crippen LogP contribution < -0.4 is 5.32 Å². The molecule has 0 aromatic heterocycles. The lowest BCUT2D eigenvalue weighted by molar-refractivity contribution is -0.126. The summed E-state index contributed by atoms with van der Waals surface area (Å²) in [6.07, 6.45) is 0.580. The van der Waals surface area contributed by atoms with E-state index in [-0.39, 0.29) is 48.3 Å². The van der Waals surface area contributed by atoms with Crippen LogP contribution in [0.3, 0.4) is 0 Å². The average Bonchev–Trinajstić information content (AvgIpc) is 3.26. The zero-order valence-corrected chi connectivity index (χ0v) is 19.2. The van der Waals surface area contributed by atoms with Crippen molar-refractivity contribution < 1.29 is 26.4 Å². The number of carbonyl (C=O) groups excluding carboxylic acids is 1. The summed E-state index contributed by atoms with van der Waals surface area (Å²) in [6.45, 7) is 1.95. The molecule has 0 radical (unpaired) electrons. The van der Waals surface area contributed by atoms with Crippen LogP contribution in [-0.2, 0) is 14.8 Å². The molecule has 1 atom stereocenters. The van der Waals surface area contributed by atoms with E-state index in [2.05, 4.69) is 5.32 Å². The molecule has 1 saturated heterocycles. The second-order valence-corrected chi connectivity index (χ2v) is 10.8. The third kappa shape index (κ3) is 4.94. The normalized spacial score (nSPS) is 21.8. The number of hydrogen-bond acceptors (Lipinski definition) is 3. The van der Waals surface area contributed by atoms with Gasteiger partial charge in [-0.1, -0.05) is 29.8 Å². The van der Waals surface area contributed by atoms with Gasteiger partial charge >= 0.3 is 0 Å². The lowest BCUT2D eigenvalue weighted by Gasteiger charge is -2.31. The standard InChI is InChI=1S/C24H27F3N2O3S/c1-16-8-9-22(19(15-16)18-5-2-3-6-20(18)25)33(31,32)29-14-4-7-21(29)23(30)28-17-10-12-24(26,27)13-11-17/h2-3,5-6,8-9,15,17,21H,4,7,10-14H2,1H3,(H,28,30)/t21-/m0/s1. The molecule has 0 bridgehead atoms. The third-order valence-corrected chi connectivity index (χ3v) is 8.42. The lowest BCUT2D eigenvalue weighted by Crippen LogP contribution is -2.50. The van der Waals surface area contributed by atoms with Crippen LogP contribution in [-0.4, -0.2) is 43.2 Å². The van der Waals surface area contributed by atoms with E-state index in [1.807, 2.05) is 0 Å². The number of rotatable bonds is 5. The fourth-order valence-corrected chi connectivity index (χ4v) is 6.50. The Morgan fingerprint density at radius 2 is 1.76 bits per heavy atom. The molecule has 1 heterocycles. The molecule has 2 aliphatic rings. The fourth-order valence-electron chi connectivity index (χ4n) is 4.66. The Bertz CT molecular complexity index is 1140. The molecule has 0 unspecified atom stereocenters. The van der Waals surface area contributed by atoms with E-state index < -0.39 is 39.8 Å². The summed E-state index contributed by atoms with van der Waals surface area (Å²) in [5.74, 6) is -3.71. The number of nitrogens with zero attached hydrogens (tertiary/aromatic N) is 1. The molecule has 1 aliphatic carbocycles. The molecular weight excluding hydrogens is 453 g/mol. The zero-order chi connectivity index (χ0) is 23.8. The Hall–Kier alpha value is -2.39. The van der Waals surface area contributed by atoms with Crippen LogP contribution in [0.2, 0.25) is 0 Å². The second kappa shape index (κ2) is 9.10. The number of hydrogen-bond donors (Lipinski definition) is 1. The fraction of sp³-hybridized carbons (Fsp3) is 0.458. The van der Waals surface area contributed by atoms with Gasteiger partial charge in [-0.2, -0.15) is 4.31 Å². The predicted octanol–water partition coefficient (Wildman–Crippen LogP) is 4.65. The van der Waals surface area contributed by atoms with Crippen LogP contribution in [0.15, 0.2) is 47.4 Å². The smallest absolute Gasteiger partial charge is 0.248 e. The number of carbonyl (C=O) groups is 1. The van der Waals surface area contributed by atoms with E-state index in [0.29, 0.717) is 12.8 Å². The van der Waals surface area contributed by atoms with Crippen molar-refractivity contribution in [3.8, 4) is 11.1 Å². The number of benzene rings is 2. The highest BCUT2D eigenvalue weighted by Crippen LogP contribution is 2.36. The number of aryl methyl sites for hydroxylation is 1. The maximum absolute atomic E-state index is 14.5. The molecule has 1 saturated carbocycles. The highest BCUT2D eigenvalue weighted by atomic mass is 32.2. The molecule has 9 heteroatoms. The van der Waals surface area contributed by atoms with Crippen molar-refractivity contribution in [2.24, 2.45) is 0 Å². The van der Waals surface area contributed by atoms with E-state index in [0.717, 1.165) is 9.87 Å². The summed E-state index contributed by atoms with van der Waals surface area (Å²) in [4.78, 5) is 12.9. The van der Waals surface area contributed by atoms with Crippen molar-refractivity contribution in [2.45, 2.75) is 68.4 Å². The first-order valence-corrected chi connectivity index (χ1v) is 12.6.